The van der Waals surface area contributed by atoms with Crippen molar-refractivity contribution in [2.45, 2.75) is 18.6 Å². The highest BCUT2D eigenvalue weighted by Crippen LogP contribution is 1.96. The first-order chi connectivity index (χ1) is 5.54. The van der Waals surface area contributed by atoms with E-state index in [0.29, 0.717) is 6.54 Å². The van der Waals surface area contributed by atoms with Crippen molar-refractivity contribution in [2.24, 2.45) is 5.73 Å². The Balaban J connectivity index is 3.31. The number of rotatable bonds is 6. The van der Waals surface area contributed by atoms with E-state index in [4.69, 9.17) is 5.73 Å². The van der Waals surface area contributed by atoms with Crippen molar-refractivity contribution in [3.05, 3.63) is 0 Å². The molecule has 0 aliphatic heterocycles. The van der Waals surface area contributed by atoms with Crippen molar-refractivity contribution in [2.75, 3.05) is 19.3 Å². The van der Waals surface area contributed by atoms with E-state index >= 15 is 0 Å². The van der Waals surface area contributed by atoms with Gasteiger partial charge >= 0.3 is 0 Å². The predicted octanol–water partition coefficient (Wildman–Crippen LogP) is -0.782. The molecule has 2 unspecified atom stereocenters. The first-order valence-electron chi connectivity index (χ1n) is 3.85. The van der Waals surface area contributed by atoms with Gasteiger partial charge in [-0.25, -0.2) is 0 Å². The highest BCUT2D eigenvalue weighted by Gasteiger charge is 2.04. The molecule has 1 amide bonds. The Morgan fingerprint density at radius 3 is 2.67 bits per heavy atom. The Labute approximate surface area is 75.4 Å². The molecule has 5 heteroatoms. The first kappa shape index (κ1) is 11.6. The molecule has 72 valence electrons. The lowest BCUT2D eigenvalue weighted by Crippen LogP contribution is -2.30. The van der Waals surface area contributed by atoms with Crippen LogP contribution in [0.15, 0.2) is 0 Å². The van der Waals surface area contributed by atoms with Gasteiger partial charge < -0.3 is 11.1 Å². The monoisotopic (exact) mass is 192 g/mol. The largest absolute Gasteiger partial charge is 0.369 e. The summed E-state index contributed by atoms with van der Waals surface area (Å²) >= 11 is 0. The topological polar surface area (TPSA) is 72.2 Å². The number of hydrogen-bond donors (Lipinski definition) is 2. The smallest absolute Gasteiger partial charge is 0.231 e. The molecule has 0 heterocycles. The number of carbonyl (C=O) groups excluding carboxylic acids is 1. The zero-order valence-electron chi connectivity index (χ0n) is 7.50. The van der Waals surface area contributed by atoms with E-state index in [1.807, 2.05) is 6.92 Å². The van der Waals surface area contributed by atoms with Crippen molar-refractivity contribution < 1.29 is 9.00 Å². The van der Waals surface area contributed by atoms with Gasteiger partial charge in [-0.1, -0.05) is 6.92 Å². The fourth-order valence-electron chi connectivity index (χ4n) is 0.683. The van der Waals surface area contributed by atoms with E-state index < -0.39 is 10.8 Å². The van der Waals surface area contributed by atoms with Crippen molar-refractivity contribution in [3.63, 3.8) is 0 Å². The Kier molecular flexibility index (Phi) is 5.92. The molecular weight excluding hydrogens is 176 g/mol. The average Bonchev–Trinajstić information content (AvgIpc) is 1.97. The van der Waals surface area contributed by atoms with Crippen LogP contribution in [0.25, 0.3) is 0 Å². The zero-order chi connectivity index (χ0) is 9.56. The Bertz CT molecular complexity index is 173. The summed E-state index contributed by atoms with van der Waals surface area (Å²) in [5.74, 6) is -0.361. The van der Waals surface area contributed by atoms with Crippen LogP contribution in [0.1, 0.15) is 13.3 Å². The first-order valence-corrected chi connectivity index (χ1v) is 5.47. The van der Waals surface area contributed by atoms with Crippen molar-refractivity contribution in [1.82, 2.24) is 5.32 Å². The summed E-state index contributed by atoms with van der Waals surface area (Å²) in [6.45, 7) is 2.80. The van der Waals surface area contributed by atoms with Crippen LogP contribution in [0, 0.1) is 0 Å². The third kappa shape index (κ3) is 6.30. The minimum atomic E-state index is -0.781. The number of hydrogen-bond acceptors (Lipinski definition) is 3. The van der Waals surface area contributed by atoms with Crippen LogP contribution in [0.4, 0.5) is 0 Å². The minimum absolute atomic E-state index is 0.172. The molecule has 0 radical (unpaired) electrons. The number of primary amides is 1. The van der Waals surface area contributed by atoms with Crippen LogP contribution in [0.5, 0.6) is 0 Å². The SMILES string of the molecule is CC(CCNCC(N)=O)S(C)=O. The molecule has 0 bridgehead atoms. The molecule has 0 saturated carbocycles. The summed E-state index contributed by atoms with van der Waals surface area (Å²) in [7, 11) is -0.781. The number of nitrogens with one attached hydrogen (secondary N) is 1. The van der Waals surface area contributed by atoms with E-state index in [0.717, 1.165) is 6.42 Å². The van der Waals surface area contributed by atoms with Crippen LogP contribution < -0.4 is 11.1 Å². The zero-order valence-corrected chi connectivity index (χ0v) is 8.32. The van der Waals surface area contributed by atoms with Crippen LogP contribution in [-0.2, 0) is 15.6 Å². The Hall–Kier alpha value is -0.420. The molecule has 0 spiro atoms. The summed E-state index contributed by atoms with van der Waals surface area (Å²) < 4.78 is 10.9. The molecule has 0 aromatic heterocycles. The molecule has 0 aliphatic carbocycles. The summed E-state index contributed by atoms with van der Waals surface area (Å²) in [5.41, 5.74) is 4.91. The van der Waals surface area contributed by atoms with E-state index in [9.17, 15) is 9.00 Å². The molecule has 12 heavy (non-hydrogen) atoms. The average molecular weight is 192 g/mol. The fourth-order valence-corrected chi connectivity index (χ4v) is 1.13. The van der Waals surface area contributed by atoms with Crippen molar-refractivity contribution in [1.29, 1.82) is 0 Å². The van der Waals surface area contributed by atoms with E-state index in [1.54, 1.807) is 6.26 Å². The highest BCUT2D eigenvalue weighted by atomic mass is 32.2. The van der Waals surface area contributed by atoms with Crippen LogP contribution in [0.2, 0.25) is 0 Å². The number of amides is 1. The summed E-state index contributed by atoms with van der Waals surface area (Å²) in [4.78, 5) is 10.3. The van der Waals surface area contributed by atoms with Gasteiger partial charge in [0.1, 0.15) is 0 Å². The normalized spacial score (nSPS) is 15.5. The molecule has 4 nitrogen and oxygen atoms in total. The van der Waals surface area contributed by atoms with Gasteiger partial charge in [-0.05, 0) is 13.0 Å². The maximum absolute atomic E-state index is 10.9. The lowest BCUT2D eigenvalue weighted by Gasteiger charge is -2.07. The number of carbonyl (C=O) groups is 1. The lowest BCUT2D eigenvalue weighted by atomic mass is 10.3. The lowest BCUT2D eigenvalue weighted by molar-refractivity contribution is -0.117. The molecular formula is C7H16N2O2S. The molecule has 0 aromatic rings. The van der Waals surface area contributed by atoms with Gasteiger partial charge in [0.15, 0.2) is 0 Å². The predicted molar refractivity (Wildman–Crippen MR) is 50.2 cm³/mol. The molecule has 3 N–H and O–H groups in total. The summed E-state index contributed by atoms with van der Waals surface area (Å²) in [6, 6.07) is 0. The summed E-state index contributed by atoms with van der Waals surface area (Å²) in [5, 5.41) is 3.03. The van der Waals surface area contributed by atoms with E-state index in [-0.39, 0.29) is 17.7 Å². The van der Waals surface area contributed by atoms with E-state index in [2.05, 4.69) is 5.32 Å². The molecule has 0 fully saturated rings. The molecule has 0 aliphatic rings. The van der Waals surface area contributed by atoms with Gasteiger partial charge in [0, 0.05) is 22.3 Å². The number of nitrogens with two attached hydrogens (primary N) is 1. The maximum atomic E-state index is 10.9. The molecule has 0 aromatic carbocycles. The summed E-state index contributed by atoms with van der Waals surface area (Å²) in [6.07, 6.45) is 2.48. The standard InChI is InChI=1S/C7H16N2O2S/c1-6(12(2)11)3-4-9-5-7(8)10/h6,9H,3-5H2,1-2H3,(H2,8,10). The van der Waals surface area contributed by atoms with Crippen molar-refractivity contribution in [3.8, 4) is 0 Å². The minimum Gasteiger partial charge on any atom is -0.369 e. The molecule has 0 rings (SSSR count). The second-order valence-corrected chi connectivity index (χ2v) is 4.54. The third-order valence-electron chi connectivity index (χ3n) is 1.59. The van der Waals surface area contributed by atoms with Gasteiger partial charge in [-0.2, -0.15) is 0 Å². The molecule has 2 atom stereocenters. The van der Waals surface area contributed by atoms with Crippen LogP contribution in [0.3, 0.4) is 0 Å². The molecule has 0 saturated heterocycles. The third-order valence-corrected chi connectivity index (χ3v) is 2.96. The Morgan fingerprint density at radius 1 is 1.67 bits per heavy atom. The Morgan fingerprint density at radius 2 is 2.25 bits per heavy atom. The fraction of sp³-hybridized carbons (Fsp3) is 0.857. The van der Waals surface area contributed by atoms with Gasteiger partial charge in [-0.3, -0.25) is 9.00 Å². The second-order valence-electron chi connectivity index (χ2n) is 2.74. The van der Waals surface area contributed by atoms with Crippen LogP contribution >= 0.6 is 0 Å². The maximum Gasteiger partial charge on any atom is 0.231 e. The van der Waals surface area contributed by atoms with Gasteiger partial charge in [0.25, 0.3) is 0 Å². The quantitative estimate of drug-likeness (QED) is 0.542. The van der Waals surface area contributed by atoms with Gasteiger partial charge in [0.05, 0.1) is 6.54 Å². The van der Waals surface area contributed by atoms with Crippen LogP contribution in [-0.4, -0.2) is 34.7 Å². The van der Waals surface area contributed by atoms with Gasteiger partial charge in [0.2, 0.25) is 5.91 Å². The van der Waals surface area contributed by atoms with Crippen molar-refractivity contribution >= 4 is 16.7 Å². The second kappa shape index (κ2) is 6.14. The highest BCUT2D eigenvalue weighted by molar-refractivity contribution is 7.84. The van der Waals surface area contributed by atoms with E-state index in [1.165, 1.54) is 0 Å². The van der Waals surface area contributed by atoms with Gasteiger partial charge in [-0.15, -0.1) is 0 Å².